The SMILES string of the molecule is COB(OC)C(F)(F)F. The van der Waals surface area contributed by atoms with E-state index in [1.165, 1.54) is 0 Å². The van der Waals surface area contributed by atoms with Crippen LogP contribution >= 0.6 is 0 Å². The summed E-state index contributed by atoms with van der Waals surface area (Å²) in [5.74, 6) is 0. The maximum atomic E-state index is 11.5. The van der Waals surface area contributed by atoms with Crippen LogP contribution in [0.5, 0.6) is 0 Å². The van der Waals surface area contributed by atoms with Gasteiger partial charge in [-0.3, -0.25) is 0 Å². The minimum Gasteiger partial charge on any atom is -0.408 e. The van der Waals surface area contributed by atoms with Crippen LogP contribution in [0.4, 0.5) is 13.2 Å². The molecular formula is C3H6BF3O2. The molecule has 0 radical (unpaired) electrons. The van der Waals surface area contributed by atoms with Crippen LogP contribution in [-0.4, -0.2) is 27.4 Å². The molecule has 0 amide bonds. The fourth-order valence-corrected chi connectivity index (χ4v) is 0.363. The monoisotopic (exact) mass is 142 g/mol. The van der Waals surface area contributed by atoms with E-state index in [2.05, 4.69) is 9.31 Å². The third kappa shape index (κ3) is 2.71. The van der Waals surface area contributed by atoms with Crippen molar-refractivity contribution in [2.24, 2.45) is 0 Å². The number of hydrogen-bond donors (Lipinski definition) is 0. The molecule has 0 unspecified atom stereocenters. The molecule has 0 aliphatic rings. The molecule has 0 aliphatic carbocycles. The molecule has 0 aromatic heterocycles. The lowest BCUT2D eigenvalue weighted by molar-refractivity contribution is -0.0818. The summed E-state index contributed by atoms with van der Waals surface area (Å²) in [4.78, 5) is 0. The van der Waals surface area contributed by atoms with Gasteiger partial charge in [-0.2, -0.15) is 13.2 Å². The van der Waals surface area contributed by atoms with Gasteiger partial charge in [0.15, 0.2) is 0 Å². The molecule has 0 heterocycles. The molecule has 0 saturated heterocycles. The van der Waals surface area contributed by atoms with Gasteiger partial charge in [0.05, 0.1) is 0 Å². The van der Waals surface area contributed by atoms with Crippen LogP contribution < -0.4 is 0 Å². The zero-order valence-electron chi connectivity index (χ0n) is 5.03. The fourth-order valence-electron chi connectivity index (χ4n) is 0.363. The van der Waals surface area contributed by atoms with Crippen LogP contribution in [0.25, 0.3) is 0 Å². The average molecular weight is 142 g/mol. The van der Waals surface area contributed by atoms with Crippen molar-refractivity contribution in [3.63, 3.8) is 0 Å². The topological polar surface area (TPSA) is 18.5 Å². The first-order valence-electron chi connectivity index (χ1n) is 2.14. The fraction of sp³-hybridized carbons (Fsp3) is 1.00. The minimum absolute atomic E-state index is 0.932. The third-order valence-corrected chi connectivity index (χ3v) is 0.695. The predicted octanol–water partition coefficient (Wildman–Crippen LogP) is 0.869. The summed E-state index contributed by atoms with van der Waals surface area (Å²) in [5, 5.41) is 0. The molecule has 0 N–H and O–H groups in total. The Morgan fingerprint density at radius 2 is 1.44 bits per heavy atom. The summed E-state index contributed by atoms with van der Waals surface area (Å²) in [6.07, 6.45) is -4.43. The van der Waals surface area contributed by atoms with E-state index in [4.69, 9.17) is 0 Å². The van der Waals surface area contributed by atoms with Crippen molar-refractivity contribution in [3.8, 4) is 0 Å². The van der Waals surface area contributed by atoms with Crippen molar-refractivity contribution >= 4 is 7.12 Å². The molecule has 54 valence electrons. The van der Waals surface area contributed by atoms with Gasteiger partial charge in [0.2, 0.25) is 0 Å². The Morgan fingerprint density at radius 3 is 1.44 bits per heavy atom. The lowest BCUT2D eigenvalue weighted by atomic mass is 9.90. The second kappa shape index (κ2) is 3.07. The summed E-state index contributed by atoms with van der Waals surface area (Å²) in [6, 6.07) is 0. The van der Waals surface area contributed by atoms with E-state index in [9.17, 15) is 13.2 Å². The van der Waals surface area contributed by atoms with E-state index in [1.54, 1.807) is 0 Å². The Bertz CT molecular complexity index is 79.6. The van der Waals surface area contributed by atoms with Gasteiger partial charge in [-0.25, -0.2) is 0 Å². The standard InChI is InChI=1S/C3H6BF3O2/c1-8-4(9-2)3(5,6)7/h1-2H3. The van der Waals surface area contributed by atoms with Crippen LogP contribution in [0.15, 0.2) is 0 Å². The molecule has 6 heteroatoms. The molecule has 2 nitrogen and oxygen atoms in total. The van der Waals surface area contributed by atoms with E-state index < -0.39 is 13.2 Å². The lowest BCUT2D eigenvalue weighted by Crippen LogP contribution is -2.37. The predicted molar refractivity (Wildman–Crippen MR) is 25.8 cm³/mol. The van der Waals surface area contributed by atoms with Crippen LogP contribution in [0.2, 0.25) is 0 Å². The maximum absolute atomic E-state index is 11.5. The second-order valence-corrected chi connectivity index (χ2v) is 1.34. The van der Waals surface area contributed by atoms with Crippen molar-refractivity contribution in [2.75, 3.05) is 14.2 Å². The molecule has 0 aromatic carbocycles. The highest BCUT2D eigenvalue weighted by Gasteiger charge is 2.47. The lowest BCUT2D eigenvalue weighted by Gasteiger charge is -2.10. The van der Waals surface area contributed by atoms with Crippen LogP contribution in [0.3, 0.4) is 0 Å². The molecule has 9 heavy (non-hydrogen) atoms. The van der Waals surface area contributed by atoms with Gasteiger partial charge in [0, 0.05) is 14.2 Å². The second-order valence-electron chi connectivity index (χ2n) is 1.34. The maximum Gasteiger partial charge on any atom is 0.578 e. The highest BCUT2D eigenvalue weighted by molar-refractivity contribution is 6.46. The number of alkyl halides is 3. The van der Waals surface area contributed by atoms with Gasteiger partial charge in [-0.05, 0) is 0 Å². The minimum atomic E-state index is -4.43. The van der Waals surface area contributed by atoms with E-state index in [0.717, 1.165) is 14.2 Å². The van der Waals surface area contributed by atoms with Crippen molar-refractivity contribution in [1.82, 2.24) is 0 Å². The molecule has 0 fully saturated rings. The molecule has 0 rings (SSSR count). The number of halogens is 3. The van der Waals surface area contributed by atoms with Gasteiger partial charge >= 0.3 is 13.2 Å². The van der Waals surface area contributed by atoms with Gasteiger partial charge < -0.3 is 9.31 Å². The van der Waals surface area contributed by atoms with E-state index >= 15 is 0 Å². The van der Waals surface area contributed by atoms with Crippen molar-refractivity contribution in [2.45, 2.75) is 6.08 Å². The summed E-state index contributed by atoms with van der Waals surface area (Å²) < 4.78 is 42.2. The Labute approximate surface area is 51.1 Å². The molecule has 0 aromatic rings. The van der Waals surface area contributed by atoms with Gasteiger partial charge in [0.1, 0.15) is 0 Å². The molecule has 0 spiro atoms. The van der Waals surface area contributed by atoms with Crippen molar-refractivity contribution < 1.29 is 22.5 Å². The Morgan fingerprint density at radius 1 is 1.11 bits per heavy atom. The summed E-state index contributed by atoms with van der Waals surface area (Å²) in [6.45, 7) is 0. The molecular weight excluding hydrogens is 136 g/mol. The number of rotatable bonds is 2. The van der Waals surface area contributed by atoms with Crippen molar-refractivity contribution in [1.29, 1.82) is 0 Å². The zero-order chi connectivity index (χ0) is 7.49. The largest absolute Gasteiger partial charge is 0.578 e. The summed E-state index contributed by atoms with van der Waals surface area (Å²) in [5.41, 5.74) is 0. The average Bonchev–Trinajstić information content (AvgIpc) is 1.65. The first-order valence-corrected chi connectivity index (χ1v) is 2.14. The Kier molecular flexibility index (Phi) is 3.00. The Balaban J connectivity index is 3.79. The third-order valence-electron chi connectivity index (χ3n) is 0.695. The smallest absolute Gasteiger partial charge is 0.408 e. The van der Waals surface area contributed by atoms with Crippen LogP contribution in [-0.2, 0) is 9.31 Å². The van der Waals surface area contributed by atoms with Crippen LogP contribution in [0, 0.1) is 0 Å². The van der Waals surface area contributed by atoms with Gasteiger partial charge in [-0.15, -0.1) is 0 Å². The van der Waals surface area contributed by atoms with Gasteiger partial charge in [0.25, 0.3) is 0 Å². The number of hydrogen-bond acceptors (Lipinski definition) is 2. The molecule has 0 saturated carbocycles. The quantitative estimate of drug-likeness (QED) is 0.532. The van der Waals surface area contributed by atoms with Crippen LogP contribution in [0.1, 0.15) is 0 Å². The van der Waals surface area contributed by atoms with Crippen molar-refractivity contribution in [3.05, 3.63) is 0 Å². The normalized spacial score (nSPS) is 11.7. The van der Waals surface area contributed by atoms with E-state index in [0.29, 0.717) is 0 Å². The highest BCUT2D eigenvalue weighted by Crippen LogP contribution is 2.18. The highest BCUT2D eigenvalue weighted by atomic mass is 19.4. The molecule has 0 aliphatic heterocycles. The zero-order valence-corrected chi connectivity index (χ0v) is 5.03. The Hall–Kier alpha value is -0.225. The van der Waals surface area contributed by atoms with Gasteiger partial charge in [-0.1, -0.05) is 0 Å². The first kappa shape index (κ1) is 8.77. The van der Waals surface area contributed by atoms with E-state index in [-0.39, 0.29) is 0 Å². The molecule has 0 atom stereocenters. The summed E-state index contributed by atoms with van der Waals surface area (Å²) in [7, 11) is -0.235. The summed E-state index contributed by atoms with van der Waals surface area (Å²) >= 11 is 0. The first-order chi connectivity index (χ1) is 4.02. The van der Waals surface area contributed by atoms with E-state index in [1.807, 2.05) is 0 Å². The molecule has 0 bridgehead atoms.